The van der Waals surface area contributed by atoms with Crippen LogP contribution in [0.15, 0.2) is 72.9 Å². The summed E-state index contributed by atoms with van der Waals surface area (Å²) in [4.78, 5) is 12.0. The average molecular weight is 321 g/mol. The molecule has 1 amide bonds. The first-order chi connectivity index (χ1) is 11.7. The quantitative estimate of drug-likeness (QED) is 0.728. The molecular weight excluding hydrogens is 305 g/mol. The molecule has 0 saturated heterocycles. The van der Waals surface area contributed by atoms with E-state index in [9.17, 15) is 9.18 Å². The summed E-state index contributed by atoms with van der Waals surface area (Å²) in [6, 6.07) is 17.6. The number of aromatic nitrogens is 2. The van der Waals surface area contributed by atoms with Crippen molar-refractivity contribution in [3.63, 3.8) is 0 Å². The van der Waals surface area contributed by atoms with E-state index in [0.717, 1.165) is 5.56 Å². The molecule has 2 aromatic carbocycles. The first-order valence-corrected chi connectivity index (χ1v) is 7.51. The van der Waals surface area contributed by atoms with Crippen molar-refractivity contribution in [1.29, 1.82) is 0 Å². The lowest BCUT2D eigenvalue weighted by atomic mass is 10.2. The van der Waals surface area contributed by atoms with Crippen LogP contribution in [-0.4, -0.2) is 15.7 Å². The molecule has 0 aliphatic rings. The summed E-state index contributed by atoms with van der Waals surface area (Å²) in [7, 11) is 0. The highest BCUT2D eigenvalue weighted by molar-refractivity contribution is 6.01. The summed E-state index contributed by atoms with van der Waals surface area (Å²) < 4.78 is 14.8. The largest absolute Gasteiger partial charge is 0.307 e. The van der Waals surface area contributed by atoms with Crippen molar-refractivity contribution >= 4 is 17.8 Å². The molecule has 0 fully saturated rings. The molecule has 1 aromatic heterocycles. The highest BCUT2D eigenvalue weighted by Gasteiger charge is 2.05. The summed E-state index contributed by atoms with van der Waals surface area (Å²) in [6.07, 6.45) is 4.57. The number of hydrogen-bond acceptors (Lipinski definition) is 2. The van der Waals surface area contributed by atoms with Crippen molar-refractivity contribution in [2.75, 3.05) is 5.32 Å². The molecule has 1 heterocycles. The van der Waals surface area contributed by atoms with Crippen molar-refractivity contribution in [1.82, 2.24) is 9.78 Å². The number of nitrogens with zero attached hydrogens (tertiary/aromatic N) is 2. The Labute approximate surface area is 139 Å². The van der Waals surface area contributed by atoms with E-state index < -0.39 is 0 Å². The van der Waals surface area contributed by atoms with Gasteiger partial charge in [0, 0.05) is 12.1 Å². The number of anilines is 1. The molecule has 3 rings (SSSR count). The zero-order valence-corrected chi connectivity index (χ0v) is 12.9. The van der Waals surface area contributed by atoms with Crippen molar-refractivity contribution in [2.24, 2.45) is 0 Å². The van der Waals surface area contributed by atoms with E-state index >= 15 is 0 Å². The van der Waals surface area contributed by atoms with Crippen molar-refractivity contribution in [3.8, 4) is 0 Å². The van der Waals surface area contributed by atoms with Crippen LogP contribution in [0, 0.1) is 5.82 Å². The molecule has 0 aliphatic heterocycles. The van der Waals surface area contributed by atoms with Gasteiger partial charge in [-0.3, -0.25) is 4.79 Å². The van der Waals surface area contributed by atoms with Crippen molar-refractivity contribution in [3.05, 3.63) is 89.9 Å². The van der Waals surface area contributed by atoms with Gasteiger partial charge in [-0.1, -0.05) is 42.5 Å². The van der Waals surface area contributed by atoms with Crippen LogP contribution in [0.25, 0.3) is 6.08 Å². The van der Waals surface area contributed by atoms with Crippen LogP contribution >= 0.6 is 0 Å². The third-order valence-electron chi connectivity index (χ3n) is 3.42. The second-order valence-corrected chi connectivity index (χ2v) is 5.24. The van der Waals surface area contributed by atoms with Crippen molar-refractivity contribution in [2.45, 2.75) is 6.54 Å². The van der Waals surface area contributed by atoms with Gasteiger partial charge in [0.1, 0.15) is 11.6 Å². The Kier molecular flexibility index (Phi) is 4.81. The molecule has 3 aromatic rings. The highest BCUT2D eigenvalue weighted by Crippen LogP contribution is 2.11. The molecule has 0 radical (unpaired) electrons. The summed E-state index contributed by atoms with van der Waals surface area (Å²) in [6.45, 7) is 0.567. The standard InChI is InChI=1S/C19H16FN3O/c20-17-8-4-7-15(13-17)9-10-19(24)22-18-11-12-21-23(18)14-16-5-2-1-3-6-16/h1-13H,14H2,(H,22,24)/b10-9+. The van der Waals surface area contributed by atoms with Gasteiger partial charge in [-0.05, 0) is 29.3 Å². The van der Waals surface area contributed by atoms with Crippen LogP contribution in [0.4, 0.5) is 10.2 Å². The predicted octanol–water partition coefficient (Wildman–Crippen LogP) is 3.72. The Bertz CT molecular complexity index is 856. The molecule has 0 saturated carbocycles. The molecule has 120 valence electrons. The smallest absolute Gasteiger partial charge is 0.249 e. The molecular formula is C19H16FN3O. The minimum absolute atomic E-state index is 0.297. The first-order valence-electron chi connectivity index (χ1n) is 7.51. The van der Waals surface area contributed by atoms with Crippen LogP contribution in [0.1, 0.15) is 11.1 Å². The number of carbonyl (C=O) groups excluding carboxylic acids is 1. The monoisotopic (exact) mass is 321 g/mol. The molecule has 0 spiro atoms. The summed E-state index contributed by atoms with van der Waals surface area (Å²) >= 11 is 0. The van der Waals surface area contributed by atoms with E-state index in [-0.39, 0.29) is 11.7 Å². The number of amides is 1. The number of halogens is 1. The predicted molar refractivity (Wildman–Crippen MR) is 91.8 cm³/mol. The first kappa shape index (κ1) is 15.7. The van der Waals surface area contributed by atoms with E-state index in [1.165, 1.54) is 18.2 Å². The molecule has 4 nitrogen and oxygen atoms in total. The number of rotatable bonds is 5. The Morgan fingerprint density at radius 3 is 2.75 bits per heavy atom. The van der Waals surface area contributed by atoms with Gasteiger partial charge in [0.25, 0.3) is 0 Å². The maximum Gasteiger partial charge on any atom is 0.249 e. The minimum Gasteiger partial charge on any atom is -0.307 e. The van der Waals surface area contributed by atoms with Crippen LogP contribution in [0.5, 0.6) is 0 Å². The third-order valence-corrected chi connectivity index (χ3v) is 3.42. The van der Waals surface area contributed by atoms with Crippen LogP contribution in [0.2, 0.25) is 0 Å². The molecule has 0 bridgehead atoms. The van der Waals surface area contributed by atoms with Gasteiger partial charge in [0.2, 0.25) is 5.91 Å². The SMILES string of the molecule is O=C(/C=C/c1cccc(F)c1)Nc1ccnn1Cc1ccccc1. The Balaban J connectivity index is 1.66. The van der Waals surface area contributed by atoms with Gasteiger partial charge >= 0.3 is 0 Å². The van der Waals surface area contributed by atoms with Gasteiger partial charge in [-0.2, -0.15) is 5.10 Å². The van der Waals surface area contributed by atoms with Gasteiger partial charge in [-0.15, -0.1) is 0 Å². The van der Waals surface area contributed by atoms with Gasteiger partial charge in [-0.25, -0.2) is 9.07 Å². The fraction of sp³-hybridized carbons (Fsp3) is 0.0526. The molecule has 0 atom stereocenters. The lowest BCUT2D eigenvalue weighted by Crippen LogP contribution is -2.13. The van der Waals surface area contributed by atoms with Crippen LogP contribution in [-0.2, 0) is 11.3 Å². The number of hydrogen-bond donors (Lipinski definition) is 1. The van der Waals surface area contributed by atoms with E-state index in [2.05, 4.69) is 10.4 Å². The normalized spacial score (nSPS) is 10.9. The van der Waals surface area contributed by atoms with Crippen molar-refractivity contribution < 1.29 is 9.18 Å². The number of benzene rings is 2. The highest BCUT2D eigenvalue weighted by atomic mass is 19.1. The van der Waals surface area contributed by atoms with E-state index in [4.69, 9.17) is 0 Å². The van der Waals surface area contributed by atoms with Crippen LogP contribution in [0.3, 0.4) is 0 Å². The Morgan fingerprint density at radius 2 is 1.96 bits per heavy atom. The van der Waals surface area contributed by atoms with E-state index in [1.54, 1.807) is 35.2 Å². The number of carbonyl (C=O) groups is 1. The topological polar surface area (TPSA) is 46.9 Å². The average Bonchev–Trinajstić information content (AvgIpc) is 3.01. The Hall–Kier alpha value is -3.21. The molecule has 0 aliphatic carbocycles. The summed E-state index contributed by atoms with van der Waals surface area (Å²) in [5, 5.41) is 7.00. The maximum absolute atomic E-state index is 13.1. The second-order valence-electron chi connectivity index (χ2n) is 5.24. The van der Waals surface area contributed by atoms with Gasteiger partial charge in [0.15, 0.2) is 0 Å². The fourth-order valence-electron chi connectivity index (χ4n) is 2.27. The molecule has 5 heteroatoms. The molecule has 1 N–H and O–H groups in total. The Morgan fingerprint density at radius 1 is 1.12 bits per heavy atom. The molecule has 24 heavy (non-hydrogen) atoms. The lowest BCUT2D eigenvalue weighted by molar-refractivity contribution is -0.111. The summed E-state index contributed by atoms with van der Waals surface area (Å²) in [5.74, 6) is -0.0275. The second kappa shape index (κ2) is 7.37. The van der Waals surface area contributed by atoms with E-state index in [1.807, 2.05) is 30.3 Å². The third kappa shape index (κ3) is 4.16. The van der Waals surface area contributed by atoms with Gasteiger partial charge < -0.3 is 5.32 Å². The van der Waals surface area contributed by atoms with Crippen LogP contribution < -0.4 is 5.32 Å². The van der Waals surface area contributed by atoms with E-state index in [0.29, 0.717) is 17.9 Å². The fourth-order valence-corrected chi connectivity index (χ4v) is 2.27. The maximum atomic E-state index is 13.1. The number of nitrogens with one attached hydrogen (secondary N) is 1. The zero-order valence-electron chi connectivity index (χ0n) is 12.9. The summed E-state index contributed by atoms with van der Waals surface area (Å²) in [5.41, 5.74) is 1.72. The lowest BCUT2D eigenvalue weighted by Gasteiger charge is -2.07. The molecule has 0 unspecified atom stereocenters. The van der Waals surface area contributed by atoms with Gasteiger partial charge in [0.05, 0.1) is 12.7 Å². The minimum atomic E-state index is -0.335. The zero-order chi connectivity index (χ0) is 16.8.